The molecule has 0 radical (unpaired) electrons. The molecule has 0 aliphatic carbocycles. The number of rotatable bonds is 6. The molecule has 0 spiro atoms. The van der Waals surface area contributed by atoms with E-state index in [1.54, 1.807) is 34.7 Å². The fourth-order valence-electron chi connectivity index (χ4n) is 2.48. The van der Waals surface area contributed by atoms with Crippen LogP contribution in [0.1, 0.15) is 20.8 Å². The van der Waals surface area contributed by atoms with E-state index >= 15 is 0 Å². The van der Waals surface area contributed by atoms with Crippen LogP contribution in [0.5, 0.6) is 0 Å². The largest absolute Gasteiger partial charge is 0.334 e. The van der Waals surface area contributed by atoms with Crippen molar-refractivity contribution in [1.29, 1.82) is 0 Å². The summed E-state index contributed by atoms with van der Waals surface area (Å²) >= 11 is 1.62. The number of pyridine rings is 1. The standard InChI is InChI=1S/C19H16F2N2OS/c20-17-6-5-15(11-18(17)21)19(24)23(9-7-16-4-2-10-25-16)13-14-3-1-8-22-12-14/h1-6,8,10-12H,7,9,13H2. The number of thiophene rings is 1. The Balaban J connectivity index is 1.80. The van der Waals surface area contributed by atoms with Crippen LogP contribution in [0.15, 0.2) is 60.2 Å². The first-order valence-electron chi connectivity index (χ1n) is 7.79. The van der Waals surface area contributed by atoms with Gasteiger partial charge in [0.05, 0.1) is 0 Å². The maximum Gasteiger partial charge on any atom is 0.254 e. The summed E-state index contributed by atoms with van der Waals surface area (Å²) in [6, 6.07) is 10.9. The van der Waals surface area contributed by atoms with E-state index < -0.39 is 11.6 Å². The summed E-state index contributed by atoms with van der Waals surface area (Å²) in [4.78, 5) is 19.6. The molecule has 0 N–H and O–H groups in total. The molecule has 6 heteroatoms. The van der Waals surface area contributed by atoms with E-state index in [1.807, 2.05) is 23.6 Å². The summed E-state index contributed by atoms with van der Waals surface area (Å²) in [6.07, 6.45) is 4.06. The lowest BCUT2D eigenvalue weighted by molar-refractivity contribution is 0.0744. The van der Waals surface area contributed by atoms with Crippen LogP contribution in [-0.2, 0) is 13.0 Å². The van der Waals surface area contributed by atoms with Gasteiger partial charge < -0.3 is 4.90 Å². The van der Waals surface area contributed by atoms with Crippen LogP contribution in [0.25, 0.3) is 0 Å². The van der Waals surface area contributed by atoms with Gasteiger partial charge in [0.25, 0.3) is 5.91 Å². The van der Waals surface area contributed by atoms with Gasteiger partial charge in [-0.1, -0.05) is 12.1 Å². The van der Waals surface area contributed by atoms with E-state index in [0.29, 0.717) is 19.5 Å². The van der Waals surface area contributed by atoms with Crippen molar-refractivity contribution in [2.24, 2.45) is 0 Å². The zero-order chi connectivity index (χ0) is 17.6. The summed E-state index contributed by atoms with van der Waals surface area (Å²) in [5.74, 6) is -2.32. The number of halogens is 2. The molecular weight excluding hydrogens is 342 g/mol. The van der Waals surface area contributed by atoms with Gasteiger partial charge in [-0.05, 0) is 47.7 Å². The molecule has 0 aliphatic heterocycles. The molecule has 0 fully saturated rings. The minimum absolute atomic E-state index is 0.133. The lowest BCUT2D eigenvalue weighted by Gasteiger charge is -2.23. The van der Waals surface area contributed by atoms with Crippen LogP contribution in [0.3, 0.4) is 0 Å². The first-order chi connectivity index (χ1) is 12.1. The number of hydrogen-bond donors (Lipinski definition) is 0. The fourth-order valence-corrected chi connectivity index (χ4v) is 3.17. The normalized spacial score (nSPS) is 10.6. The van der Waals surface area contributed by atoms with Crippen LogP contribution in [0.2, 0.25) is 0 Å². The highest BCUT2D eigenvalue weighted by Gasteiger charge is 2.18. The lowest BCUT2D eigenvalue weighted by atomic mass is 10.1. The molecule has 2 aromatic heterocycles. The highest BCUT2D eigenvalue weighted by atomic mass is 32.1. The van der Waals surface area contributed by atoms with Gasteiger partial charge >= 0.3 is 0 Å². The summed E-state index contributed by atoms with van der Waals surface area (Å²) in [6.45, 7) is 0.838. The number of benzene rings is 1. The van der Waals surface area contributed by atoms with Gasteiger partial charge in [0.1, 0.15) is 0 Å². The molecule has 0 aliphatic rings. The van der Waals surface area contributed by atoms with Gasteiger partial charge in [-0.25, -0.2) is 8.78 Å². The number of carbonyl (C=O) groups excluding carboxylic acids is 1. The molecule has 2 heterocycles. The van der Waals surface area contributed by atoms with E-state index in [-0.39, 0.29) is 11.5 Å². The second-order valence-electron chi connectivity index (χ2n) is 5.55. The molecule has 3 rings (SSSR count). The molecule has 128 valence electrons. The molecule has 1 amide bonds. The Morgan fingerprint density at radius 1 is 1.12 bits per heavy atom. The van der Waals surface area contributed by atoms with Gasteiger partial charge in [-0.15, -0.1) is 11.3 Å². The molecule has 0 bridgehead atoms. The van der Waals surface area contributed by atoms with E-state index in [4.69, 9.17) is 0 Å². The Kier molecular flexibility index (Phi) is 5.50. The predicted octanol–water partition coefficient (Wildman–Crippen LogP) is 4.31. The minimum atomic E-state index is -1.02. The van der Waals surface area contributed by atoms with Crippen molar-refractivity contribution in [1.82, 2.24) is 9.88 Å². The topological polar surface area (TPSA) is 33.2 Å². The molecule has 0 atom stereocenters. The van der Waals surface area contributed by atoms with Gasteiger partial charge in [-0.3, -0.25) is 9.78 Å². The van der Waals surface area contributed by atoms with E-state index in [9.17, 15) is 13.6 Å². The van der Waals surface area contributed by atoms with E-state index in [0.717, 1.165) is 22.6 Å². The van der Waals surface area contributed by atoms with Crippen molar-refractivity contribution < 1.29 is 13.6 Å². The maximum atomic E-state index is 13.5. The highest BCUT2D eigenvalue weighted by Crippen LogP contribution is 2.16. The third kappa shape index (κ3) is 4.48. The average molecular weight is 358 g/mol. The Labute approximate surface area is 148 Å². The van der Waals surface area contributed by atoms with Gasteiger partial charge in [0, 0.05) is 35.9 Å². The third-order valence-electron chi connectivity index (χ3n) is 3.76. The van der Waals surface area contributed by atoms with E-state index in [2.05, 4.69) is 4.98 Å². The lowest BCUT2D eigenvalue weighted by Crippen LogP contribution is -2.32. The smallest absolute Gasteiger partial charge is 0.254 e. The molecule has 1 aromatic carbocycles. The quantitative estimate of drug-likeness (QED) is 0.658. The molecule has 0 saturated heterocycles. The molecule has 0 saturated carbocycles. The third-order valence-corrected chi connectivity index (χ3v) is 4.69. The van der Waals surface area contributed by atoms with Crippen LogP contribution < -0.4 is 0 Å². The van der Waals surface area contributed by atoms with Crippen LogP contribution in [-0.4, -0.2) is 22.3 Å². The number of aromatic nitrogens is 1. The van der Waals surface area contributed by atoms with Gasteiger partial charge in [-0.2, -0.15) is 0 Å². The Morgan fingerprint density at radius 3 is 2.68 bits per heavy atom. The van der Waals surface area contributed by atoms with Crippen molar-refractivity contribution in [2.75, 3.05) is 6.54 Å². The second kappa shape index (κ2) is 7.98. The Morgan fingerprint density at radius 2 is 2.00 bits per heavy atom. The first kappa shape index (κ1) is 17.2. The van der Waals surface area contributed by atoms with Crippen molar-refractivity contribution >= 4 is 17.2 Å². The van der Waals surface area contributed by atoms with Crippen molar-refractivity contribution in [3.8, 4) is 0 Å². The summed E-state index contributed by atoms with van der Waals surface area (Å²) in [7, 11) is 0. The molecular formula is C19H16F2N2OS. The van der Waals surface area contributed by atoms with Gasteiger partial charge in [0.2, 0.25) is 0 Å². The Hall–Kier alpha value is -2.60. The SMILES string of the molecule is O=C(c1ccc(F)c(F)c1)N(CCc1cccs1)Cc1cccnc1. The number of amides is 1. The van der Waals surface area contributed by atoms with Crippen molar-refractivity contribution in [2.45, 2.75) is 13.0 Å². The second-order valence-corrected chi connectivity index (χ2v) is 6.58. The van der Waals surface area contributed by atoms with Crippen LogP contribution in [0, 0.1) is 11.6 Å². The number of hydrogen-bond acceptors (Lipinski definition) is 3. The number of carbonyl (C=O) groups is 1. The van der Waals surface area contributed by atoms with Crippen molar-refractivity contribution in [3.63, 3.8) is 0 Å². The predicted molar refractivity (Wildman–Crippen MR) is 93.4 cm³/mol. The molecule has 3 nitrogen and oxygen atoms in total. The molecule has 3 aromatic rings. The number of nitrogens with zero attached hydrogens (tertiary/aromatic N) is 2. The van der Waals surface area contributed by atoms with Gasteiger partial charge in [0.15, 0.2) is 11.6 Å². The first-order valence-corrected chi connectivity index (χ1v) is 8.67. The summed E-state index contributed by atoms with van der Waals surface area (Å²) in [5, 5.41) is 1.98. The fraction of sp³-hybridized carbons (Fsp3) is 0.158. The zero-order valence-electron chi connectivity index (χ0n) is 13.4. The van der Waals surface area contributed by atoms with E-state index in [1.165, 1.54) is 6.07 Å². The maximum absolute atomic E-state index is 13.5. The van der Waals surface area contributed by atoms with Crippen molar-refractivity contribution in [3.05, 3.63) is 87.9 Å². The minimum Gasteiger partial charge on any atom is -0.334 e. The Bertz CT molecular complexity index is 838. The summed E-state index contributed by atoms with van der Waals surface area (Å²) in [5.41, 5.74) is 1.01. The van der Waals surface area contributed by atoms with Crippen LogP contribution in [0.4, 0.5) is 8.78 Å². The molecule has 25 heavy (non-hydrogen) atoms. The van der Waals surface area contributed by atoms with Crippen LogP contribution >= 0.6 is 11.3 Å². The average Bonchev–Trinajstić information content (AvgIpc) is 3.15. The monoisotopic (exact) mass is 358 g/mol. The molecule has 0 unspecified atom stereocenters. The highest BCUT2D eigenvalue weighted by molar-refractivity contribution is 7.09. The summed E-state index contributed by atoms with van der Waals surface area (Å²) < 4.78 is 26.6. The zero-order valence-corrected chi connectivity index (χ0v) is 14.2.